The van der Waals surface area contributed by atoms with E-state index in [1.54, 1.807) is 0 Å². The van der Waals surface area contributed by atoms with Gasteiger partial charge in [-0.15, -0.1) is 0 Å². The van der Waals surface area contributed by atoms with Crippen LogP contribution in [0, 0.1) is 5.41 Å². The third kappa shape index (κ3) is 2.34. The quantitative estimate of drug-likeness (QED) is 0.833. The van der Waals surface area contributed by atoms with Gasteiger partial charge in [-0.3, -0.25) is 4.79 Å². The molecule has 2 heterocycles. The van der Waals surface area contributed by atoms with Crippen LogP contribution in [0.1, 0.15) is 76.6 Å². The van der Waals surface area contributed by atoms with Gasteiger partial charge in [-0.1, -0.05) is 32.3 Å². The third-order valence-electron chi connectivity index (χ3n) is 4.37. The number of likely N-dealkylation sites (tertiary alicyclic amines) is 1. The first-order valence-corrected chi connectivity index (χ1v) is 7.61. The Hall–Kier alpha value is -1.39. The number of carbonyl (C=O) groups excluding carboxylic acids is 1. The molecular weight excluding hydrogens is 254 g/mol. The van der Waals surface area contributed by atoms with Crippen LogP contribution in [-0.4, -0.2) is 27.5 Å². The van der Waals surface area contributed by atoms with E-state index in [0.717, 1.165) is 38.1 Å². The van der Waals surface area contributed by atoms with Gasteiger partial charge in [-0.05, 0) is 25.7 Å². The molecule has 1 aliphatic heterocycles. The summed E-state index contributed by atoms with van der Waals surface area (Å²) in [5.74, 6) is 2.10. The Morgan fingerprint density at radius 2 is 2.00 bits per heavy atom. The zero-order valence-corrected chi connectivity index (χ0v) is 12.6. The lowest BCUT2D eigenvalue weighted by Crippen LogP contribution is -2.39. The van der Waals surface area contributed by atoms with Crippen molar-refractivity contribution in [2.45, 2.75) is 64.8 Å². The molecule has 1 atom stereocenters. The molecule has 0 N–H and O–H groups in total. The maximum absolute atomic E-state index is 12.5. The van der Waals surface area contributed by atoms with Gasteiger partial charge in [0.25, 0.3) is 0 Å². The fraction of sp³-hybridized carbons (Fsp3) is 0.800. The molecule has 1 amide bonds. The second-order valence-electron chi connectivity index (χ2n) is 7.03. The van der Waals surface area contributed by atoms with Gasteiger partial charge in [-0.25, -0.2) is 0 Å². The van der Waals surface area contributed by atoms with Gasteiger partial charge in [0.05, 0.1) is 0 Å². The largest absolute Gasteiger partial charge is 0.337 e. The molecule has 0 aromatic carbocycles. The Morgan fingerprint density at radius 1 is 1.25 bits per heavy atom. The van der Waals surface area contributed by atoms with Gasteiger partial charge in [0.15, 0.2) is 5.82 Å². The highest BCUT2D eigenvalue weighted by Crippen LogP contribution is 2.38. The summed E-state index contributed by atoms with van der Waals surface area (Å²) in [6.45, 7) is 6.66. The molecule has 0 spiro atoms. The van der Waals surface area contributed by atoms with E-state index < -0.39 is 0 Å². The predicted octanol–water partition coefficient (Wildman–Crippen LogP) is 3.05. The molecular formula is C15H23N3O2. The highest BCUT2D eigenvalue weighted by molar-refractivity contribution is 5.82. The molecule has 1 aromatic rings. The molecule has 20 heavy (non-hydrogen) atoms. The van der Waals surface area contributed by atoms with Crippen LogP contribution in [0.2, 0.25) is 0 Å². The molecule has 5 heteroatoms. The van der Waals surface area contributed by atoms with E-state index in [0.29, 0.717) is 11.8 Å². The summed E-state index contributed by atoms with van der Waals surface area (Å²) in [6, 6.07) is -0.0250. The zero-order chi connectivity index (χ0) is 14.3. The van der Waals surface area contributed by atoms with Gasteiger partial charge in [0, 0.05) is 17.9 Å². The molecule has 1 unspecified atom stereocenters. The van der Waals surface area contributed by atoms with E-state index in [9.17, 15) is 4.79 Å². The van der Waals surface area contributed by atoms with E-state index in [1.807, 2.05) is 25.7 Å². The topological polar surface area (TPSA) is 59.2 Å². The summed E-state index contributed by atoms with van der Waals surface area (Å²) in [4.78, 5) is 19.0. The number of aromatic nitrogens is 2. The average molecular weight is 277 g/mol. The average Bonchev–Trinajstić information content (AvgIpc) is 2.91. The van der Waals surface area contributed by atoms with Crippen molar-refractivity contribution in [1.82, 2.24) is 15.0 Å². The first-order valence-electron chi connectivity index (χ1n) is 7.61. The fourth-order valence-electron chi connectivity index (χ4n) is 2.91. The highest BCUT2D eigenvalue weighted by Gasteiger charge is 2.39. The standard InChI is InChI=1S/C15H23N3O2/c1-15(2,3)14(19)18-9-5-8-11(18)13-16-12(17-20-13)10-6-4-7-10/h10-11H,4-9H2,1-3H3. The smallest absolute Gasteiger partial charge is 0.249 e. The van der Waals surface area contributed by atoms with E-state index in [4.69, 9.17) is 4.52 Å². The van der Waals surface area contributed by atoms with Crippen LogP contribution in [0.15, 0.2) is 4.52 Å². The monoisotopic (exact) mass is 277 g/mol. The van der Waals surface area contributed by atoms with Crippen molar-refractivity contribution in [3.63, 3.8) is 0 Å². The molecule has 1 aliphatic carbocycles. The van der Waals surface area contributed by atoms with Crippen molar-refractivity contribution < 1.29 is 9.32 Å². The zero-order valence-electron chi connectivity index (χ0n) is 12.6. The normalized spacial score (nSPS) is 23.9. The minimum absolute atomic E-state index is 0.0250. The molecule has 110 valence electrons. The van der Waals surface area contributed by atoms with E-state index in [1.165, 1.54) is 6.42 Å². The summed E-state index contributed by atoms with van der Waals surface area (Å²) in [5.41, 5.74) is -0.362. The molecule has 3 rings (SSSR count). The molecule has 2 aliphatic rings. The van der Waals surface area contributed by atoms with Gasteiger partial charge in [-0.2, -0.15) is 4.98 Å². The highest BCUT2D eigenvalue weighted by atomic mass is 16.5. The van der Waals surface area contributed by atoms with Crippen LogP contribution in [0.3, 0.4) is 0 Å². The van der Waals surface area contributed by atoms with E-state index >= 15 is 0 Å². The van der Waals surface area contributed by atoms with Crippen molar-refractivity contribution in [2.75, 3.05) is 6.54 Å². The van der Waals surface area contributed by atoms with Gasteiger partial charge in [0.2, 0.25) is 11.8 Å². The predicted molar refractivity (Wildman–Crippen MR) is 74.0 cm³/mol. The van der Waals surface area contributed by atoms with Crippen molar-refractivity contribution in [1.29, 1.82) is 0 Å². The molecule has 1 saturated carbocycles. The van der Waals surface area contributed by atoms with Crippen LogP contribution in [0.5, 0.6) is 0 Å². The van der Waals surface area contributed by atoms with Crippen molar-refractivity contribution in [3.05, 3.63) is 11.7 Å². The Kier molecular flexibility index (Phi) is 3.30. The molecule has 1 aromatic heterocycles. The van der Waals surface area contributed by atoms with Crippen LogP contribution in [0.25, 0.3) is 0 Å². The number of rotatable bonds is 2. The minimum Gasteiger partial charge on any atom is -0.337 e. The van der Waals surface area contributed by atoms with Gasteiger partial charge < -0.3 is 9.42 Å². The molecule has 0 radical (unpaired) electrons. The Bertz CT molecular complexity index is 499. The number of hydrogen-bond donors (Lipinski definition) is 0. The van der Waals surface area contributed by atoms with Gasteiger partial charge in [0.1, 0.15) is 6.04 Å². The maximum Gasteiger partial charge on any atom is 0.249 e. The molecule has 2 fully saturated rings. The van der Waals surface area contributed by atoms with Crippen molar-refractivity contribution >= 4 is 5.91 Å². The number of amides is 1. The van der Waals surface area contributed by atoms with Crippen molar-refractivity contribution in [2.24, 2.45) is 5.41 Å². The first-order chi connectivity index (χ1) is 9.47. The SMILES string of the molecule is CC(C)(C)C(=O)N1CCCC1c1nc(C2CCC2)no1. The summed E-state index contributed by atoms with van der Waals surface area (Å²) in [5, 5.41) is 4.11. The summed E-state index contributed by atoms with van der Waals surface area (Å²) < 4.78 is 5.44. The number of hydrogen-bond acceptors (Lipinski definition) is 4. The summed E-state index contributed by atoms with van der Waals surface area (Å²) >= 11 is 0. The minimum atomic E-state index is -0.362. The Labute approximate surface area is 119 Å². The fourth-order valence-corrected chi connectivity index (χ4v) is 2.91. The summed E-state index contributed by atoms with van der Waals surface area (Å²) in [6.07, 6.45) is 5.51. The summed E-state index contributed by atoms with van der Waals surface area (Å²) in [7, 11) is 0. The van der Waals surface area contributed by atoms with Crippen LogP contribution < -0.4 is 0 Å². The molecule has 0 bridgehead atoms. The molecule has 1 saturated heterocycles. The Balaban J connectivity index is 1.78. The van der Waals surface area contributed by atoms with Crippen LogP contribution >= 0.6 is 0 Å². The second-order valence-corrected chi connectivity index (χ2v) is 7.03. The van der Waals surface area contributed by atoms with Crippen LogP contribution in [-0.2, 0) is 4.79 Å². The van der Waals surface area contributed by atoms with E-state index in [-0.39, 0.29) is 17.4 Å². The lowest BCUT2D eigenvalue weighted by Gasteiger charge is -2.29. The molecule has 5 nitrogen and oxygen atoms in total. The van der Waals surface area contributed by atoms with Crippen LogP contribution in [0.4, 0.5) is 0 Å². The lowest BCUT2D eigenvalue weighted by molar-refractivity contribution is -0.140. The Morgan fingerprint density at radius 3 is 2.60 bits per heavy atom. The second kappa shape index (κ2) is 4.86. The first kappa shape index (κ1) is 13.6. The number of carbonyl (C=O) groups is 1. The maximum atomic E-state index is 12.5. The lowest BCUT2D eigenvalue weighted by atomic mass is 9.85. The van der Waals surface area contributed by atoms with Crippen molar-refractivity contribution in [3.8, 4) is 0 Å². The van der Waals surface area contributed by atoms with E-state index in [2.05, 4.69) is 10.1 Å². The third-order valence-corrected chi connectivity index (χ3v) is 4.37. The number of nitrogens with zero attached hydrogens (tertiary/aromatic N) is 3. The van der Waals surface area contributed by atoms with Gasteiger partial charge >= 0.3 is 0 Å².